The highest BCUT2D eigenvalue weighted by Gasteiger charge is 2.01. The molecule has 1 aromatic carbocycles. The van der Waals surface area contributed by atoms with E-state index in [-0.39, 0.29) is 11.2 Å². The Kier molecular flexibility index (Phi) is 5.10. The van der Waals surface area contributed by atoms with Crippen LogP contribution in [0.3, 0.4) is 0 Å². The van der Waals surface area contributed by atoms with Gasteiger partial charge in [0.1, 0.15) is 12.0 Å². The number of thioether (sulfide) groups is 1. The normalized spacial score (nSPS) is 10.5. The van der Waals surface area contributed by atoms with Gasteiger partial charge in [0.2, 0.25) is 5.43 Å². The van der Waals surface area contributed by atoms with E-state index in [1.165, 1.54) is 11.6 Å². The van der Waals surface area contributed by atoms with Crippen molar-refractivity contribution in [3.8, 4) is 5.75 Å². The monoisotopic (exact) mass is 276 g/mol. The lowest BCUT2D eigenvalue weighted by Crippen LogP contribution is -1.99. The van der Waals surface area contributed by atoms with Crippen LogP contribution in [-0.2, 0) is 12.2 Å². The van der Waals surface area contributed by atoms with Crippen molar-refractivity contribution in [1.29, 1.82) is 0 Å². The summed E-state index contributed by atoms with van der Waals surface area (Å²) in [4.78, 5) is 11.2. The molecule has 0 amide bonds. The maximum atomic E-state index is 11.2. The van der Waals surface area contributed by atoms with E-state index in [2.05, 4.69) is 12.1 Å². The molecule has 0 aliphatic rings. The Bertz CT molecular complexity index is 563. The molecule has 0 saturated heterocycles. The first-order chi connectivity index (χ1) is 9.25. The zero-order valence-corrected chi connectivity index (χ0v) is 11.4. The molecule has 1 aromatic heterocycles. The van der Waals surface area contributed by atoms with Crippen molar-refractivity contribution in [2.24, 2.45) is 0 Å². The molecule has 0 aliphatic heterocycles. The quantitative estimate of drug-likeness (QED) is 0.823. The van der Waals surface area contributed by atoms with Crippen LogP contribution in [0, 0.1) is 0 Å². The molecule has 19 heavy (non-hydrogen) atoms. The maximum absolute atomic E-state index is 11.2. The summed E-state index contributed by atoms with van der Waals surface area (Å²) < 4.78 is 5.13. The summed E-state index contributed by atoms with van der Waals surface area (Å²) in [5, 5.41) is 9.07. The van der Waals surface area contributed by atoms with Gasteiger partial charge in [-0.3, -0.25) is 4.79 Å². The van der Waals surface area contributed by atoms with Gasteiger partial charge in [0, 0.05) is 6.07 Å². The third kappa shape index (κ3) is 4.48. The molecule has 3 nitrogen and oxygen atoms in total. The fraction of sp³-hybridized carbons (Fsp3) is 0.267. The molecule has 0 fully saturated rings. The number of hydrogen-bond donors (Lipinski definition) is 1. The van der Waals surface area contributed by atoms with E-state index < -0.39 is 0 Å². The molecule has 0 radical (unpaired) electrons. The van der Waals surface area contributed by atoms with Crippen molar-refractivity contribution in [2.45, 2.75) is 18.6 Å². The van der Waals surface area contributed by atoms with Crippen LogP contribution in [-0.4, -0.2) is 10.9 Å². The molecule has 0 saturated carbocycles. The molecule has 0 unspecified atom stereocenters. The van der Waals surface area contributed by atoms with E-state index >= 15 is 0 Å². The average Bonchev–Trinajstić information content (AvgIpc) is 2.43. The predicted molar refractivity (Wildman–Crippen MR) is 77.6 cm³/mol. The first kappa shape index (κ1) is 13.7. The topological polar surface area (TPSA) is 50.4 Å². The van der Waals surface area contributed by atoms with E-state index in [1.807, 2.05) is 18.2 Å². The highest BCUT2D eigenvalue weighted by molar-refractivity contribution is 7.98. The molecule has 100 valence electrons. The van der Waals surface area contributed by atoms with Crippen LogP contribution >= 0.6 is 11.8 Å². The van der Waals surface area contributed by atoms with Gasteiger partial charge >= 0.3 is 0 Å². The largest absolute Gasteiger partial charge is 0.502 e. The summed E-state index contributed by atoms with van der Waals surface area (Å²) >= 11 is 1.73. The molecule has 0 atom stereocenters. The van der Waals surface area contributed by atoms with Crippen LogP contribution < -0.4 is 5.43 Å². The Hall–Kier alpha value is -1.68. The summed E-state index contributed by atoms with van der Waals surface area (Å²) in [6.45, 7) is 0. The minimum absolute atomic E-state index is 0.335. The van der Waals surface area contributed by atoms with E-state index in [0.29, 0.717) is 11.5 Å². The lowest BCUT2D eigenvalue weighted by atomic mass is 10.1. The van der Waals surface area contributed by atoms with Gasteiger partial charge < -0.3 is 9.52 Å². The summed E-state index contributed by atoms with van der Waals surface area (Å²) in [7, 11) is 0. The van der Waals surface area contributed by atoms with Crippen molar-refractivity contribution >= 4 is 11.8 Å². The third-order valence-corrected chi connectivity index (χ3v) is 3.77. The lowest BCUT2D eigenvalue weighted by molar-refractivity contribution is 0.419. The van der Waals surface area contributed by atoms with E-state index in [1.54, 1.807) is 11.8 Å². The highest BCUT2D eigenvalue weighted by Crippen LogP contribution is 2.14. The van der Waals surface area contributed by atoms with Crippen molar-refractivity contribution in [3.63, 3.8) is 0 Å². The second-order valence-corrected chi connectivity index (χ2v) is 5.34. The average molecular weight is 276 g/mol. The van der Waals surface area contributed by atoms with Gasteiger partial charge in [0.25, 0.3) is 0 Å². The molecule has 1 N–H and O–H groups in total. The molecule has 0 bridgehead atoms. The van der Waals surface area contributed by atoms with Crippen LogP contribution in [0.25, 0.3) is 0 Å². The van der Waals surface area contributed by atoms with Gasteiger partial charge in [-0.15, -0.1) is 0 Å². The Labute approximate surface area is 116 Å². The van der Waals surface area contributed by atoms with E-state index in [9.17, 15) is 4.79 Å². The van der Waals surface area contributed by atoms with Gasteiger partial charge in [-0.2, -0.15) is 11.8 Å². The van der Waals surface area contributed by atoms with Crippen LogP contribution in [0.1, 0.15) is 17.7 Å². The molecule has 0 aliphatic carbocycles. The molecule has 2 aromatic rings. The Morgan fingerprint density at radius 1 is 1.21 bits per heavy atom. The Balaban J connectivity index is 1.69. The number of rotatable bonds is 6. The molecule has 4 heteroatoms. The molecular weight excluding hydrogens is 260 g/mol. The van der Waals surface area contributed by atoms with Crippen LogP contribution in [0.4, 0.5) is 0 Å². The fourth-order valence-electron chi connectivity index (χ4n) is 1.72. The van der Waals surface area contributed by atoms with Crippen molar-refractivity contribution in [2.75, 3.05) is 5.75 Å². The molecular formula is C15H16O3S. The zero-order chi connectivity index (χ0) is 13.5. The van der Waals surface area contributed by atoms with Gasteiger partial charge in [0.15, 0.2) is 5.75 Å². The first-order valence-electron chi connectivity index (χ1n) is 6.18. The Morgan fingerprint density at radius 3 is 2.74 bits per heavy atom. The van der Waals surface area contributed by atoms with Crippen LogP contribution in [0.15, 0.2) is 51.9 Å². The van der Waals surface area contributed by atoms with Gasteiger partial charge in [-0.25, -0.2) is 0 Å². The molecule has 1 heterocycles. The highest BCUT2D eigenvalue weighted by atomic mass is 32.2. The van der Waals surface area contributed by atoms with Crippen molar-refractivity contribution in [1.82, 2.24) is 0 Å². The minimum atomic E-state index is -0.383. The Morgan fingerprint density at radius 2 is 2.00 bits per heavy atom. The van der Waals surface area contributed by atoms with Gasteiger partial charge in [-0.05, 0) is 24.2 Å². The second kappa shape index (κ2) is 7.04. The van der Waals surface area contributed by atoms with Gasteiger partial charge in [-0.1, -0.05) is 30.3 Å². The summed E-state index contributed by atoms with van der Waals surface area (Å²) in [6.07, 6.45) is 3.26. The maximum Gasteiger partial charge on any atom is 0.226 e. The lowest BCUT2D eigenvalue weighted by Gasteiger charge is -2.02. The second-order valence-electron chi connectivity index (χ2n) is 4.24. The summed E-state index contributed by atoms with van der Waals surface area (Å²) in [6, 6.07) is 11.7. The number of aromatic hydroxyl groups is 1. The fourth-order valence-corrected chi connectivity index (χ4v) is 2.56. The third-order valence-electron chi connectivity index (χ3n) is 2.71. The zero-order valence-electron chi connectivity index (χ0n) is 10.5. The van der Waals surface area contributed by atoms with E-state index in [0.717, 1.165) is 24.9 Å². The smallest absolute Gasteiger partial charge is 0.226 e. The van der Waals surface area contributed by atoms with Crippen molar-refractivity contribution in [3.05, 3.63) is 64.2 Å². The molecule has 2 rings (SSSR count). The predicted octanol–water partition coefficient (Wildman–Crippen LogP) is 3.21. The molecule has 0 spiro atoms. The standard InChI is InChI=1S/C15H16O3S/c16-14-9-13(18-10-15(14)17)11-19-8-4-7-12-5-2-1-3-6-12/h1-3,5-6,9-10,17H,4,7-8,11H2. The SMILES string of the molecule is O=c1cc(CSCCCc2ccccc2)occ1O. The van der Waals surface area contributed by atoms with Crippen LogP contribution in [0.5, 0.6) is 5.75 Å². The first-order valence-corrected chi connectivity index (χ1v) is 7.33. The van der Waals surface area contributed by atoms with E-state index in [4.69, 9.17) is 9.52 Å². The number of benzene rings is 1. The van der Waals surface area contributed by atoms with Crippen molar-refractivity contribution < 1.29 is 9.52 Å². The summed E-state index contributed by atoms with van der Waals surface area (Å²) in [5.41, 5.74) is 0.963. The van der Waals surface area contributed by atoms with Crippen LogP contribution in [0.2, 0.25) is 0 Å². The summed E-state index contributed by atoms with van der Waals surface area (Å²) in [5.74, 6) is 1.94. The number of hydrogen-bond acceptors (Lipinski definition) is 4. The number of aryl methyl sites for hydroxylation is 1. The van der Waals surface area contributed by atoms with Gasteiger partial charge in [0.05, 0.1) is 5.75 Å². The minimum Gasteiger partial charge on any atom is -0.502 e.